The van der Waals surface area contributed by atoms with Crippen molar-refractivity contribution in [3.63, 3.8) is 0 Å². The van der Waals surface area contributed by atoms with Crippen molar-refractivity contribution >= 4 is 36.6 Å². The number of hydrogen-bond acceptors (Lipinski definition) is 6. The average molecular weight is 456 g/mol. The largest absolute Gasteiger partial charge is 0.492 e. The van der Waals surface area contributed by atoms with Crippen LogP contribution in [0.25, 0.3) is 10.9 Å². The molecule has 0 spiro atoms. The number of rotatable bonds is 5. The van der Waals surface area contributed by atoms with E-state index in [-0.39, 0.29) is 26.4 Å². The van der Waals surface area contributed by atoms with E-state index < -0.39 is 25.9 Å². The molecule has 1 heterocycles. The summed E-state index contributed by atoms with van der Waals surface area (Å²) in [4.78, 5) is -0.113. The summed E-state index contributed by atoms with van der Waals surface area (Å²) in [5, 5.41) is 14.8. The second-order valence-electron chi connectivity index (χ2n) is 6.75. The van der Waals surface area contributed by atoms with Gasteiger partial charge in [0.05, 0.1) is 15.3 Å². The zero-order valence-electron chi connectivity index (χ0n) is 16.2. The molecule has 0 aliphatic heterocycles. The third kappa shape index (κ3) is 3.71. The van der Waals surface area contributed by atoms with Gasteiger partial charge in [-0.15, -0.1) is 5.11 Å². The quantitative estimate of drug-likeness (QED) is 0.449. The topological polar surface area (TPSA) is 118 Å². The molecule has 0 saturated heterocycles. The van der Waals surface area contributed by atoms with Gasteiger partial charge in [-0.05, 0) is 43.3 Å². The van der Waals surface area contributed by atoms with Crippen LogP contribution in [0.1, 0.15) is 5.56 Å². The van der Waals surface area contributed by atoms with E-state index >= 15 is 0 Å². The average Bonchev–Trinajstić information content (AvgIpc) is 3.04. The molecule has 1 N–H and O–H groups in total. The number of aromatic nitrogens is 1. The van der Waals surface area contributed by atoms with Crippen LogP contribution in [0.2, 0.25) is 0 Å². The third-order valence-electron chi connectivity index (χ3n) is 4.60. The third-order valence-corrected chi connectivity index (χ3v) is 7.48. The Labute approximate surface area is 179 Å². The first-order chi connectivity index (χ1) is 14.7. The van der Waals surface area contributed by atoms with Crippen LogP contribution in [-0.2, 0) is 20.0 Å². The van der Waals surface area contributed by atoms with E-state index in [1.807, 2.05) is 0 Å². The van der Waals surface area contributed by atoms with Crippen LogP contribution < -0.4 is 0 Å². The Morgan fingerprint density at radius 1 is 0.806 bits per heavy atom. The molecule has 0 bridgehead atoms. The van der Waals surface area contributed by atoms with Crippen LogP contribution in [0.5, 0.6) is 5.88 Å². The molecule has 0 atom stereocenters. The molecule has 0 fully saturated rings. The lowest BCUT2D eigenvalue weighted by Gasteiger charge is -2.08. The molecule has 31 heavy (non-hydrogen) atoms. The Bertz CT molecular complexity index is 1510. The van der Waals surface area contributed by atoms with Gasteiger partial charge in [0.1, 0.15) is 0 Å². The highest BCUT2D eigenvalue weighted by molar-refractivity contribution is 7.90. The second-order valence-corrected chi connectivity index (χ2v) is 10.1. The molecule has 0 radical (unpaired) electrons. The molecule has 0 unspecified atom stereocenters. The maximum Gasteiger partial charge on any atom is 0.299 e. The standard InChI is InChI=1S/C21H17N3O5S2/c1-15-12-13-19-18(14-15)20(22-23-30(26,27)16-8-4-2-5-9-16)21(25)24(19)31(28,29)17-10-6-3-7-11-17/h2-14,25H,1H3. The van der Waals surface area contributed by atoms with Crippen molar-refractivity contribution < 1.29 is 21.9 Å². The summed E-state index contributed by atoms with van der Waals surface area (Å²) in [6, 6.07) is 19.9. The summed E-state index contributed by atoms with van der Waals surface area (Å²) < 4.78 is 55.5. The molecule has 4 rings (SSSR count). The lowest BCUT2D eigenvalue weighted by molar-refractivity contribution is 0.448. The van der Waals surface area contributed by atoms with Crippen LogP contribution in [0.15, 0.2) is 98.3 Å². The molecular formula is C21H17N3O5S2. The van der Waals surface area contributed by atoms with Crippen molar-refractivity contribution in [1.29, 1.82) is 0 Å². The molecule has 0 aliphatic rings. The zero-order chi connectivity index (χ0) is 22.2. The highest BCUT2D eigenvalue weighted by atomic mass is 32.2. The first-order valence-corrected chi connectivity index (χ1v) is 12.0. The Morgan fingerprint density at radius 2 is 1.39 bits per heavy atom. The first kappa shape index (κ1) is 20.8. The van der Waals surface area contributed by atoms with Gasteiger partial charge in [0, 0.05) is 5.39 Å². The minimum absolute atomic E-state index is 0.0387. The van der Waals surface area contributed by atoms with E-state index in [1.165, 1.54) is 30.3 Å². The van der Waals surface area contributed by atoms with Crippen LogP contribution in [0.4, 0.5) is 5.69 Å². The summed E-state index contributed by atoms with van der Waals surface area (Å²) in [5.41, 5.74) is 0.667. The molecule has 0 saturated carbocycles. The fourth-order valence-electron chi connectivity index (χ4n) is 3.12. The summed E-state index contributed by atoms with van der Waals surface area (Å²) in [7, 11) is -8.32. The first-order valence-electron chi connectivity index (χ1n) is 9.09. The van der Waals surface area contributed by atoms with Crippen molar-refractivity contribution in [3.8, 4) is 5.88 Å². The van der Waals surface area contributed by atoms with E-state index in [4.69, 9.17) is 0 Å². The van der Waals surface area contributed by atoms with Crippen LogP contribution in [0, 0.1) is 6.92 Å². The molecule has 1 aromatic heterocycles. The van der Waals surface area contributed by atoms with Gasteiger partial charge >= 0.3 is 0 Å². The SMILES string of the molecule is Cc1ccc2c(c1)c(N=NS(=O)(=O)c1ccccc1)c(O)n2S(=O)(=O)c1ccccc1. The molecule has 10 heteroatoms. The van der Waals surface area contributed by atoms with Crippen molar-refractivity contribution in [2.75, 3.05) is 0 Å². The fourth-order valence-corrected chi connectivity index (χ4v) is 5.35. The van der Waals surface area contributed by atoms with E-state index in [1.54, 1.807) is 55.5 Å². The minimum Gasteiger partial charge on any atom is -0.492 e. The van der Waals surface area contributed by atoms with E-state index in [0.29, 0.717) is 0 Å². The van der Waals surface area contributed by atoms with Crippen molar-refractivity contribution in [2.45, 2.75) is 16.7 Å². The molecule has 4 aromatic rings. The lowest BCUT2D eigenvalue weighted by Crippen LogP contribution is -2.12. The number of benzene rings is 3. The van der Waals surface area contributed by atoms with Crippen molar-refractivity contribution in [3.05, 3.63) is 84.4 Å². The summed E-state index contributed by atoms with van der Waals surface area (Å²) >= 11 is 0. The second kappa shape index (κ2) is 7.64. The van der Waals surface area contributed by atoms with E-state index in [0.717, 1.165) is 9.54 Å². The summed E-state index contributed by atoms with van der Waals surface area (Å²) in [6.45, 7) is 1.78. The van der Waals surface area contributed by atoms with Gasteiger partial charge in [0.15, 0.2) is 5.69 Å². The molecule has 8 nitrogen and oxygen atoms in total. The molecule has 158 valence electrons. The van der Waals surface area contributed by atoms with Crippen LogP contribution in [-0.4, -0.2) is 25.9 Å². The van der Waals surface area contributed by atoms with Gasteiger partial charge in [-0.25, -0.2) is 12.4 Å². The highest BCUT2D eigenvalue weighted by Gasteiger charge is 2.27. The van der Waals surface area contributed by atoms with Gasteiger partial charge in [-0.3, -0.25) is 0 Å². The normalized spacial score (nSPS) is 12.5. The maximum absolute atomic E-state index is 13.2. The Balaban J connectivity index is 1.94. The molecule has 0 amide bonds. The van der Waals surface area contributed by atoms with Crippen LogP contribution >= 0.6 is 0 Å². The Morgan fingerprint density at radius 3 is 2.00 bits per heavy atom. The van der Waals surface area contributed by atoms with Gasteiger partial charge in [-0.2, -0.15) is 8.42 Å². The summed E-state index contributed by atoms with van der Waals surface area (Å²) in [5.74, 6) is -0.725. The Hall–Kier alpha value is -3.50. The fraction of sp³-hybridized carbons (Fsp3) is 0.0476. The maximum atomic E-state index is 13.2. The number of nitrogens with zero attached hydrogens (tertiary/aromatic N) is 3. The predicted molar refractivity (Wildman–Crippen MR) is 116 cm³/mol. The lowest BCUT2D eigenvalue weighted by atomic mass is 10.2. The number of aromatic hydroxyl groups is 1. The highest BCUT2D eigenvalue weighted by Crippen LogP contribution is 2.41. The Kier molecular flexibility index (Phi) is 5.11. The number of fused-ring (bicyclic) bond motifs is 1. The monoisotopic (exact) mass is 455 g/mol. The number of aryl methyl sites for hydroxylation is 1. The van der Waals surface area contributed by atoms with E-state index in [9.17, 15) is 21.9 Å². The molecule has 3 aromatic carbocycles. The molecule has 0 aliphatic carbocycles. The van der Waals surface area contributed by atoms with Gasteiger partial charge in [0.25, 0.3) is 20.0 Å². The van der Waals surface area contributed by atoms with E-state index in [2.05, 4.69) is 9.63 Å². The molecular weight excluding hydrogens is 438 g/mol. The number of sulfonamides is 1. The predicted octanol–water partition coefficient (Wildman–Crippen LogP) is 4.36. The zero-order valence-corrected chi connectivity index (χ0v) is 17.9. The summed E-state index contributed by atoms with van der Waals surface area (Å²) in [6.07, 6.45) is 0. The van der Waals surface area contributed by atoms with Gasteiger partial charge < -0.3 is 5.11 Å². The van der Waals surface area contributed by atoms with Crippen molar-refractivity contribution in [1.82, 2.24) is 3.97 Å². The van der Waals surface area contributed by atoms with Gasteiger partial charge in [0.2, 0.25) is 5.88 Å². The van der Waals surface area contributed by atoms with Crippen LogP contribution in [0.3, 0.4) is 0 Å². The van der Waals surface area contributed by atoms with Gasteiger partial charge in [-0.1, -0.05) is 52.5 Å². The minimum atomic E-state index is -4.18. The van der Waals surface area contributed by atoms with Crippen molar-refractivity contribution in [2.24, 2.45) is 9.63 Å². The number of hydrogen-bond donors (Lipinski definition) is 1. The smallest absolute Gasteiger partial charge is 0.299 e.